The fourth-order valence-corrected chi connectivity index (χ4v) is 1.98. The second-order valence-corrected chi connectivity index (χ2v) is 4.65. The van der Waals surface area contributed by atoms with Crippen LogP contribution in [0.15, 0.2) is 30.5 Å². The number of aromatic nitrogens is 2. The maximum Gasteiger partial charge on any atom is 0.303 e. The van der Waals surface area contributed by atoms with Gasteiger partial charge in [0.15, 0.2) is 0 Å². The molecule has 0 saturated heterocycles. The van der Waals surface area contributed by atoms with E-state index in [-0.39, 0.29) is 6.04 Å². The summed E-state index contributed by atoms with van der Waals surface area (Å²) in [5.41, 5.74) is 0. The number of benzene rings is 1. The third kappa shape index (κ3) is 2.56. The average molecular weight is 271 g/mol. The number of nitrogens with zero attached hydrogens (tertiary/aromatic N) is 2. The molecule has 0 amide bonds. The van der Waals surface area contributed by atoms with Crippen molar-refractivity contribution in [2.45, 2.75) is 19.9 Å². The van der Waals surface area contributed by atoms with Crippen molar-refractivity contribution in [1.29, 1.82) is 0 Å². The van der Waals surface area contributed by atoms with Gasteiger partial charge >= 0.3 is 6.01 Å². The van der Waals surface area contributed by atoms with Gasteiger partial charge in [0.05, 0.1) is 11.2 Å². The van der Waals surface area contributed by atoms with Crippen molar-refractivity contribution in [3.63, 3.8) is 0 Å². The molecular formula is C12H12Cl2N2O. The van der Waals surface area contributed by atoms with Gasteiger partial charge in [0, 0.05) is 6.04 Å². The Morgan fingerprint density at radius 1 is 1.24 bits per heavy atom. The largest absolute Gasteiger partial charge is 0.424 e. The molecule has 0 unspecified atom stereocenters. The molecule has 1 heterocycles. The van der Waals surface area contributed by atoms with Gasteiger partial charge in [-0.2, -0.15) is 0 Å². The molecule has 2 rings (SSSR count). The van der Waals surface area contributed by atoms with Crippen molar-refractivity contribution in [1.82, 2.24) is 9.55 Å². The van der Waals surface area contributed by atoms with Crippen LogP contribution < -0.4 is 4.74 Å². The van der Waals surface area contributed by atoms with Crippen LogP contribution in [-0.2, 0) is 0 Å². The highest BCUT2D eigenvalue weighted by Gasteiger charge is 2.14. The first-order valence-corrected chi connectivity index (χ1v) is 6.00. The van der Waals surface area contributed by atoms with Crippen LogP contribution in [0.3, 0.4) is 0 Å². The molecule has 90 valence electrons. The summed E-state index contributed by atoms with van der Waals surface area (Å²) >= 11 is 12.1. The lowest BCUT2D eigenvalue weighted by molar-refractivity contribution is 0.396. The van der Waals surface area contributed by atoms with Crippen molar-refractivity contribution in [3.8, 4) is 11.8 Å². The first kappa shape index (κ1) is 12.3. The van der Waals surface area contributed by atoms with Crippen molar-refractivity contribution in [2.24, 2.45) is 0 Å². The fourth-order valence-electron chi connectivity index (χ4n) is 1.49. The average Bonchev–Trinajstić information content (AvgIpc) is 2.63. The van der Waals surface area contributed by atoms with Crippen LogP contribution in [0.2, 0.25) is 10.2 Å². The van der Waals surface area contributed by atoms with Crippen LogP contribution >= 0.6 is 23.2 Å². The lowest BCUT2D eigenvalue weighted by Crippen LogP contribution is -2.03. The van der Waals surface area contributed by atoms with E-state index in [1.54, 1.807) is 22.9 Å². The van der Waals surface area contributed by atoms with E-state index in [9.17, 15) is 0 Å². The number of para-hydroxylation sites is 1. The number of hydrogen-bond donors (Lipinski definition) is 0. The zero-order valence-corrected chi connectivity index (χ0v) is 11.0. The Bertz CT molecular complexity index is 523. The monoisotopic (exact) mass is 270 g/mol. The smallest absolute Gasteiger partial charge is 0.303 e. The summed E-state index contributed by atoms with van der Waals surface area (Å²) in [6.45, 7) is 4.01. The first-order valence-electron chi connectivity index (χ1n) is 5.24. The summed E-state index contributed by atoms with van der Waals surface area (Å²) in [5.74, 6) is 0.568. The van der Waals surface area contributed by atoms with Crippen molar-refractivity contribution < 1.29 is 4.74 Å². The van der Waals surface area contributed by atoms with E-state index in [2.05, 4.69) is 4.98 Å². The minimum Gasteiger partial charge on any atom is -0.424 e. The van der Waals surface area contributed by atoms with E-state index < -0.39 is 0 Å². The summed E-state index contributed by atoms with van der Waals surface area (Å²) in [4.78, 5) is 4.12. The van der Waals surface area contributed by atoms with Gasteiger partial charge < -0.3 is 4.74 Å². The van der Waals surface area contributed by atoms with Crippen LogP contribution in [0.5, 0.6) is 11.8 Å². The molecule has 0 fully saturated rings. The van der Waals surface area contributed by atoms with E-state index in [1.807, 2.05) is 26.0 Å². The van der Waals surface area contributed by atoms with Crippen molar-refractivity contribution in [3.05, 3.63) is 40.6 Å². The molecule has 0 spiro atoms. The fraction of sp³-hybridized carbons (Fsp3) is 0.250. The van der Waals surface area contributed by atoms with E-state index in [4.69, 9.17) is 27.9 Å². The lowest BCUT2D eigenvalue weighted by Gasteiger charge is -2.13. The number of imidazole rings is 1. The van der Waals surface area contributed by atoms with E-state index in [0.29, 0.717) is 21.9 Å². The zero-order valence-electron chi connectivity index (χ0n) is 9.52. The molecule has 2 aromatic rings. The molecule has 1 aromatic heterocycles. The first-order chi connectivity index (χ1) is 8.09. The Hall–Kier alpha value is -1.19. The summed E-state index contributed by atoms with van der Waals surface area (Å²) in [5, 5.41) is 1.09. The van der Waals surface area contributed by atoms with Gasteiger partial charge in [-0.3, -0.25) is 4.57 Å². The second-order valence-electron chi connectivity index (χ2n) is 3.86. The predicted octanol–water partition coefficient (Wildman–Crippen LogP) is 4.56. The molecule has 0 aliphatic rings. The van der Waals surface area contributed by atoms with E-state index in [0.717, 1.165) is 0 Å². The molecule has 17 heavy (non-hydrogen) atoms. The van der Waals surface area contributed by atoms with Gasteiger partial charge in [-0.1, -0.05) is 35.3 Å². The van der Waals surface area contributed by atoms with Crippen molar-refractivity contribution >= 4 is 23.2 Å². The summed E-state index contributed by atoms with van der Waals surface area (Å²) in [7, 11) is 0. The standard InChI is InChI=1S/C12H12Cl2N2O/c1-8(2)16-11(14)7-15-12(16)17-10-6-4-3-5-9(10)13/h3-8H,1-2H3. The normalized spacial score (nSPS) is 10.9. The Labute approximate surface area is 110 Å². The van der Waals surface area contributed by atoms with Gasteiger partial charge in [0.25, 0.3) is 0 Å². The van der Waals surface area contributed by atoms with Gasteiger partial charge in [-0.25, -0.2) is 4.98 Å². The molecule has 0 aliphatic carbocycles. The molecule has 3 nitrogen and oxygen atoms in total. The molecular weight excluding hydrogens is 259 g/mol. The number of halogens is 2. The molecule has 0 N–H and O–H groups in total. The molecule has 0 radical (unpaired) electrons. The molecule has 0 saturated carbocycles. The molecule has 0 atom stereocenters. The van der Waals surface area contributed by atoms with Gasteiger partial charge in [0.2, 0.25) is 0 Å². The topological polar surface area (TPSA) is 27.1 Å². The SMILES string of the molecule is CC(C)n1c(Cl)cnc1Oc1ccccc1Cl. The Kier molecular flexibility index (Phi) is 3.60. The van der Waals surface area contributed by atoms with Gasteiger partial charge in [-0.05, 0) is 26.0 Å². The van der Waals surface area contributed by atoms with Crippen LogP contribution in [0.25, 0.3) is 0 Å². The number of hydrogen-bond acceptors (Lipinski definition) is 2. The lowest BCUT2D eigenvalue weighted by atomic mass is 10.3. The highest BCUT2D eigenvalue weighted by Crippen LogP contribution is 2.31. The zero-order chi connectivity index (χ0) is 12.4. The maximum absolute atomic E-state index is 6.03. The van der Waals surface area contributed by atoms with E-state index in [1.165, 1.54) is 0 Å². The third-order valence-corrected chi connectivity index (χ3v) is 2.86. The quantitative estimate of drug-likeness (QED) is 0.818. The summed E-state index contributed by atoms with van der Waals surface area (Å²) < 4.78 is 7.45. The molecule has 1 aromatic carbocycles. The molecule has 0 bridgehead atoms. The van der Waals surface area contributed by atoms with Gasteiger partial charge in [0.1, 0.15) is 10.9 Å². The van der Waals surface area contributed by atoms with Crippen LogP contribution in [-0.4, -0.2) is 9.55 Å². The van der Waals surface area contributed by atoms with Crippen LogP contribution in [0.1, 0.15) is 19.9 Å². The van der Waals surface area contributed by atoms with Crippen LogP contribution in [0, 0.1) is 0 Å². The van der Waals surface area contributed by atoms with Crippen molar-refractivity contribution in [2.75, 3.05) is 0 Å². The predicted molar refractivity (Wildman–Crippen MR) is 69.1 cm³/mol. The Morgan fingerprint density at radius 2 is 1.94 bits per heavy atom. The molecule has 5 heteroatoms. The Morgan fingerprint density at radius 3 is 2.59 bits per heavy atom. The van der Waals surface area contributed by atoms with Gasteiger partial charge in [-0.15, -0.1) is 0 Å². The molecule has 0 aliphatic heterocycles. The highest BCUT2D eigenvalue weighted by molar-refractivity contribution is 6.32. The minimum atomic E-state index is 0.169. The number of rotatable bonds is 3. The minimum absolute atomic E-state index is 0.169. The summed E-state index contributed by atoms with van der Waals surface area (Å²) in [6.07, 6.45) is 1.56. The summed E-state index contributed by atoms with van der Waals surface area (Å²) in [6, 6.07) is 7.86. The Balaban J connectivity index is 2.34. The number of ether oxygens (including phenoxy) is 1. The second kappa shape index (κ2) is 4.98. The van der Waals surface area contributed by atoms with E-state index >= 15 is 0 Å². The highest BCUT2D eigenvalue weighted by atomic mass is 35.5. The third-order valence-electron chi connectivity index (χ3n) is 2.27. The van der Waals surface area contributed by atoms with Crippen LogP contribution in [0.4, 0.5) is 0 Å². The maximum atomic E-state index is 6.03.